The topological polar surface area (TPSA) is 55.4 Å². The molecule has 46 heavy (non-hydrogen) atoms. The largest absolute Gasteiger partial charge is 0.487 e. The summed E-state index contributed by atoms with van der Waals surface area (Å²) < 4.78 is 40.4. The Morgan fingerprint density at radius 3 is 0.696 bits per heavy atom. The van der Waals surface area contributed by atoms with Crippen LogP contribution in [0.15, 0.2) is 49.8 Å². The molecule has 0 amide bonds. The van der Waals surface area contributed by atoms with E-state index in [4.69, 9.17) is 28.4 Å². The van der Waals surface area contributed by atoms with Crippen molar-refractivity contribution in [1.29, 1.82) is 0 Å². The number of benzene rings is 3. The molecule has 0 bridgehead atoms. The molecule has 3 aromatic rings. The van der Waals surface area contributed by atoms with Crippen molar-refractivity contribution in [2.75, 3.05) is 0 Å². The highest BCUT2D eigenvalue weighted by atomic mass is 79.9. The monoisotopic (exact) mass is 844 g/mol. The lowest BCUT2D eigenvalue weighted by atomic mass is 10.3. The maximum Gasteiger partial charge on any atom is 0.162 e. The number of rotatable bonds is 15. The molecular formula is C36H48Br3O6P. The highest BCUT2D eigenvalue weighted by molar-refractivity contribution is 9.11. The van der Waals surface area contributed by atoms with Crippen molar-refractivity contribution in [3.63, 3.8) is 0 Å². The summed E-state index contributed by atoms with van der Waals surface area (Å²) in [5, 5.41) is 3.10. The minimum Gasteiger partial charge on any atom is -0.487 e. The van der Waals surface area contributed by atoms with E-state index in [-0.39, 0.29) is 36.6 Å². The SMILES string of the molecule is CC(C)Oc1cc(Br)c(P(c2cc(OC(C)C)c(OC(C)C)cc2Br)c2cc(OC(C)C)c(OC(C)C)cc2Br)cc1OC(C)C. The Balaban J connectivity index is 2.46. The number of halogens is 3. The predicted octanol–water partition coefficient (Wildman–Crippen LogP) is 10.5. The molecule has 10 heteroatoms. The van der Waals surface area contributed by atoms with Gasteiger partial charge in [-0.05, 0) is 175 Å². The Bertz CT molecular complexity index is 1300. The van der Waals surface area contributed by atoms with Gasteiger partial charge in [-0.3, -0.25) is 0 Å². The van der Waals surface area contributed by atoms with E-state index in [0.717, 1.165) is 29.3 Å². The average Bonchev–Trinajstić information content (AvgIpc) is 2.89. The van der Waals surface area contributed by atoms with Gasteiger partial charge in [-0.2, -0.15) is 0 Å². The first-order chi connectivity index (χ1) is 21.5. The fourth-order valence-electron chi connectivity index (χ4n) is 4.55. The minimum absolute atomic E-state index is 0.0226. The summed E-state index contributed by atoms with van der Waals surface area (Å²) in [6, 6.07) is 12.3. The minimum atomic E-state index is -1.28. The van der Waals surface area contributed by atoms with Crippen LogP contribution < -0.4 is 44.3 Å². The second-order valence-electron chi connectivity index (χ2n) is 12.6. The molecule has 0 aliphatic rings. The third kappa shape index (κ3) is 10.7. The fourth-order valence-corrected chi connectivity index (χ4v) is 9.47. The molecule has 0 aliphatic carbocycles. The van der Waals surface area contributed by atoms with Crippen LogP contribution in [0.1, 0.15) is 83.1 Å². The van der Waals surface area contributed by atoms with E-state index in [2.05, 4.69) is 66.0 Å². The molecule has 0 saturated carbocycles. The number of ether oxygens (including phenoxy) is 6. The lowest BCUT2D eigenvalue weighted by Crippen LogP contribution is -2.26. The smallest absolute Gasteiger partial charge is 0.162 e. The summed E-state index contributed by atoms with van der Waals surface area (Å²) in [6.45, 7) is 24.2. The van der Waals surface area contributed by atoms with E-state index in [9.17, 15) is 0 Å². The first kappa shape index (κ1) is 38.8. The zero-order valence-electron chi connectivity index (χ0n) is 29.0. The lowest BCUT2D eigenvalue weighted by Gasteiger charge is -2.28. The van der Waals surface area contributed by atoms with Crippen LogP contribution in [0, 0.1) is 0 Å². The average molecular weight is 847 g/mol. The fraction of sp³-hybridized carbons (Fsp3) is 0.500. The van der Waals surface area contributed by atoms with Crippen molar-refractivity contribution >= 4 is 71.6 Å². The predicted molar refractivity (Wildman–Crippen MR) is 203 cm³/mol. The highest BCUT2D eigenvalue weighted by Gasteiger charge is 2.30. The van der Waals surface area contributed by atoms with E-state index in [0.29, 0.717) is 34.5 Å². The number of hydrogen-bond donors (Lipinski definition) is 0. The van der Waals surface area contributed by atoms with E-state index >= 15 is 0 Å². The van der Waals surface area contributed by atoms with Crippen LogP contribution in [0.25, 0.3) is 0 Å². The van der Waals surface area contributed by atoms with Crippen molar-refractivity contribution in [3.05, 3.63) is 49.8 Å². The van der Waals surface area contributed by atoms with Crippen LogP contribution in [0.2, 0.25) is 0 Å². The summed E-state index contributed by atoms with van der Waals surface area (Å²) in [5.41, 5.74) is 0. The molecule has 0 atom stereocenters. The molecule has 254 valence electrons. The van der Waals surface area contributed by atoms with E-state index < -0.39 is 7.92 Å². The summed E-state index contributed by atoms with van der Waals surface area (Å²) in [5.74, 6) is 4.08. The summed E-state index contributed by atoms with van der Waals surface area (Å²) in [7, 11) is -1.28. The second-order valence-corrected chi connectivity index (χ2v) is 17.3. The molecular weight excluding hydrogens is 799 g/mol. The molecule has 0 unspecified atom stereocenters. The van der Waals surface area contributed by atoms with Crippen molar-refractivity contribution < 1.29 is 28.4 Å². The Morgan fingerprint density at radius 2 is 0.522 bits per heavy atom. The van der Waals surface area contributed by atoms with Crippen LogP contribution >= 0.6 is 55.7 Å². The maximum atomic E-state index is 6.35. The van der Waals surface area contributed by atoms with Gasteiger partial charge in [0.1, 0.15) is 0 Å². The third-order valence-electron chi connectivity index (χ3n) is 5.94. The van der Waals surface area contributed by atoms with Crippen molar-refractivity contribution in [3.8, 4) is 34.5 Å². The van der Waals surface area contributed by atoms with Gasteiger partial charge in [-0.1, -0.05) is 0 Å². The van der Waals surface area contributed by atoms with Crippen LogP contribution in [-0.4, -0.2) is 36.6 Å². The van der Waals surface area contributed by atoms with Gasteiger partial charge in [0.25, 0.3) is 0 Å². The molecule has 0 aromatic heterocycles. The van der Waals surface area contributed by atoms with Gasteiger partial charge < -0.3 is 28.4 Å². The van der Waals surface area contributed by atoms with Gasteiger partial charge in [0.05, 0.1) is 36.6 Å². The standard InChI is InChI=1S/C36H48Br3O6P/c1-19(2)40-28-13-25(37)34(16-31(28)43-22(7)8)46(35-17-32(44-23(9)10)29(14-26(35)38)41-20(3)4)36-18-33(45-24(11)12)30(15-27(36)39)42-21(5)6/h13-24H,1-12H3. The molecule has 6 nitrogen and oxygen atoms in total. The normalized spacial score (nSPS) is 11.9. The van der Waals surface area contributed by atoms with Gasteiger partial charge in [-0.25, -0.2) is 0 Å². The van der Waals surface area contributed by atoms with Gasteiger partial charge in [0.2, 0.25) is 0 Å². The van der Waals surface area contributed by atoms with E-state index in [1.165, 1.54) is 0 Å². The molecule has 0 N–H and O–H groups in total. The summed E-state index contributed by atoms with van der Waals surface area (Å²) in [4.78, 5) is 0. The van der Waals surface area contributed by atoms with Crippen LogP contribution in [0.5, 0.6) is 34.5 Å². The molecule has 0 spiro atoms. The Kier molecular flexibility index (Phi) is 14.4. The summed E-state index contributed by atoms with van der Waals surface area (Å²) in [6.07, 6.45) is -0.220. The summed E-state index contributed by atoms with van der Waals surface area (Å²) >= 11 is 11.8. The van der Waals surface area contributed by atoms with Crippen molar-refractivity contribution in [2.45, 2.75) is 120 Å². The van der Waals surface area contributed by atoms with Crippen molar-refractivity contribution in [2.24, 2.45) is 0 Å². The maximum absolute atomic E-state index is 6.35. The third-order valence-corrected chi connectivity index (χ3v) is 11.4. The molecule has 3 aromatic carbocycles. The van der Waals surface area contributed by atoms with Gasteiger partial charge >= 0.3 is 0 Å². The molecule has 0 radical (unpaired) electrons. The zero-order valence-corrected chi connectivity index (χ0v) is 34.6. The van der Waals surface area contributed by atoms with E-state index in [1.54, 1.807) is 0 Å². The van der Waals surface area contributed by atoms with Gasteiger partial charge in [0, 0.05) is 29.3 Å². The molecule has 0 aliphatic heterocycles. The van der Waals surface area contributed by atoms with E-state index in [1.807, 2.05) is 101 Å². The van der Waals surface area contributed by atoms with Gasteiger partial charge in [0.15, 0.2) is 34.5 Å². The quantitative estimate of drug-likeness (QED) is 0.142. The molecule has 0 saturated heterocycles. The molecule has 0 fully saturated rings. The first-order valence-corrected chi connectivity index (χ1v) is 19.5. The Morgan fingerprint density at radius 1 is 0.348 bits per heavy atom. The molecule has 0 heterocycles. The van der Waals surface area contributed by atoms with Crippen LogP contribution in [0.3, 0.4) is 0 Å². The Hall–Kier alpha value is -1.67. The van der Waals surface area contributed by atoms with Gasteiger partial charge in [-0.15, -0.1) is 0 Å². The second kappa shape index (κ2) is 17.1. The first-order valence-electron chi connectivity index (χ1n) is 15.8. The lowest BCUT2D eigenvalue weighted by molar-refractivity contribution is 0.199. The zero-order chi connectivity index (χ0) is 34.5. The number of hydrogen-bond acceptors (Lipinski definition) is 6. The highest BCUT2D eigenvalue weighted by Crippen LogP contribution is 2.48. The molecule has 3 rings (SSSR count). The Labute approximate surface area is 302 Å². The van der Waals surface area contributed by atoms with Crippen LogP contribution in [0.4, 0.5) is 0 Å². The van der Waals surface area contributed by atoms with Crippen LogP contribution in [-0.2, 0) is 0 Å². The van der Waals surface area contributed by atoms with Crippen molar-refractivity contribution in [1.82, 2.24) is 0 Å².